The zero-order chi connectivity index (χ0) is 15.9. The van der Waals surface area contributed by atoms with Gasteiger partial charge in [-0.05, 0) is 31.9 Å². The van der Waals surface area contributed by atoms with Crippen molar-refractivity contribution in [1.82, 2.24) is 5.32 Å². The van der Waals surface area contributed by atoms with Gasteiger partial charge in [0, 0.05) is 17.8 Å². The topological polar surface area (TPSA) is 78.5 Å². The Bertz CT molecular complexity index is 550. The van der Waals surface area contributed by atoms with Crippen molar-refractivity contribution in [1.29, 1.82) is 0 Å². The molecule has 5 heteroatoms. The molecule has 2 rings (SSSR count). The molecule has 1 aliphatic carbocycles. The molecule has 0 aliphatic heterocycles. The standard InChI is InChI=1S/C17H21NO4/c1-12-6-8-13(9-7-12)22-11-10-18-16(19)14-4-2-3-5-15(14)17(20)21/h2-3,6-9,14-15H,4-5,10-11H2,1H3,(H,18,19)(H,20,21)/p-1/t14-,15+/m1/s1. The number of aryl methyl sites for hydroxylation is 1. The highest BCUT2D eigenvalue weighted by atomic mass is 16.5. The van der Waals surface area contributed by atoms with Gasteiger partial charge in [-0.3, -0.25) is 4.79 Å². The summed E-state index contributed by atoms with van der Waals surface area (Å²) in [6.45, 7) is 2.68. The molecule has 5 nitrogen and oxygen atoms in total. The Labute approximate surface area is 130 Å². The number of allylic oxidation sites excluding steroid dienone is 2. The van der Waals surface area contributed by atoms with Crippen LogP contribution < -0.4 is 15.2 Å². The van der Waals surface area contributed by atoms with Gasteiger partial charge in [-0.25, -0.2) is 0 Å². The third-order valence-electron chi connectivity index (χ3n) is 3.76. The van der Waals surface area contributed by atoms with Crippen molar-refractivity contribution in [3.8, 4) is 5.75 Å². The summed E-state index contributed by atoms with van der Waals surface area (Å²) >= 11 is 0. The average molecular weight is 302 g/mol. The summed E-state index contributed by atoms with van der Waals surface area (Å²) in [7, 11) is 0. The van der Waals surface area contributed by atoms with Gasteiger partial charge in [0.15, 0.2) is 0 Å². The van der Waals surface area contributed by atoms with Crippen LogP contribution in [-0.2, 0) is 9.59 Å². The molecule has 0 bridgehead atoms. The van der Waals surface area contributed by atoms with E-state index in [4.69, 9.17) is 4.74 Å². The molecule has 0 saturated carbocycles. The molecule has 118 valence electrons. The van der Waals surface area contributed by atoms with Gasteiger partial charge in [0.2, 0.25) is 5.91 Å². The number of nitrogens with one attached hydrogen (secondary N) is 1. The largest absolute Gasteiger partial charge is 0.550 e. The van der Waals surface area contributed by atoms with Crippen LogP contribution in [0.3, 0.4) is 0 Å². The molecule has 0 fully saturated rings. The minimum Gasteiger partial charge on any atom is -0.550 e. The molecule has 0 spiro atoms. The number of carboxylic acid groups (broad SMARTS) is 1. The third kappa shape index (κ3) is 4.35. The number of hydrogen-bond donors (Lipinski definition) is 1. The molecular formula is C17H20NO4-. The number of hydrogen-bond acceptors (Lipinski definition) is 4. The van der Waals surface area contributed by atoms with E-state index in [0.29, 0.717) is 26.0 Å². The molecule has 1 aliphatic rings. The smallest absolute Gasteiger partial charge is 0.224 e. The monoisotopic (exact) mass is 302 g/mol. The number of benzene rings is 1. The Kier molecular flexibility index (Phi) is 5.58. The molecule has 1 N–H and O–H groups in total. The zero-order valence-corrected chi connectivity index (χ0v) is 12.6. The second-order valence-electron chi connectivity index (χ2n) is 5.43. The second kappa shape index (κ2) is 7.64. The summed E-state index contributed by atoms with van der Waals surface area (Å²) in [6, 6.07) is 7.64. The van der Waals surface area contributed by atoms with Gasteiger partial charge in [0.1, 0.15) is 12.4 Å². The highest BCUT2D eigenvalue weighted by Gasteiger charge is 2.29. The first-order valence-electron chi connectivity index (χ1n) is 7.41. The predicted molar refractivity (Wildman–Crippen MR) is 80.0 cm³/mol. The van der Waals surface area contributed by atoms with E-state index in [-0.39, 0.29) is 5.91 Å². The lowest BCUT2D eigenvalue weighted by molar-refractivity contribution is -0.313. The fourth-order valence-electron chi connectivity index (χ4n) is 2.47. The van der Waals surface area contributed by atoms with Crippen molar-refractivity contribution in [3.05, 3.63) is 42.0 Å². The highest BCUT2D eigenvalue weighted by molar-refractivity contribution is 5.84. The van der Waals surface area contributed by atoms with E-state index in [1.54, 1.807) is 6.08 Å². The first-order valence-corrected chi connectivity index (χ1v) is 7.41. The summed E-state index contributed by atoms with van der Waals surface area (Å²) in [5.74, 6) is -1.99. The van der Waals surface area contributed by atoms with E-state index >= 15 is 0 Å². The molecule has 1 aromatic rings. The van der Waals surface area contributed by atoms with Gasteiger partial charge in [-0.1, -0.05) is 29.8 Å². The van der Waals surface area contributed by atoms with Crippen LogP contribution in [0.2, 0.25) is 0 Å². The number of carbonyl (C=O) groups excluding carboxylic acids is 2. The lowest BCUT2D eigenvalue weighted by Gasteiger charge is -2.28. The average Bonchev–Trinajstić information content (AvgIpc) is 2.53. The minimum atomic E-state index is -1.17. The van der Waals surface area contributed by atoms with E-state index < -0.39 is 17.8 Å². The molecular weight excluding hydrogens is 282 g/mol. The van der Waals surface area contributed by atoms with Crippen LogP contribution in [0.5, 0.6) is 5.75 Å². The van der Waals surface area contributed by atoms with Crippen LogP contribution in [0.25, 0.3) is 0 Å². The molecule has 1 aromatic carbocycles. The van der Waals surface area contributed by atoms with Crippen LogP contribution in [-0.4, -0.2) is 25.0 Å². The first kappa shape index (κ1) is 16.1. The van der Waals surface area contributed by atoms with Crippen molar-refractivity contribution < 1.29 is 19.4 Å². The summed E-state index contributed by atoms with van der Waals surface area (Å²) in [5, 5.41) is 13.8. The second-order valence-corrected chi connectivity index (χ2v) is 5.43. The van der Waals surface area contributed by atoms with Crippen molar-refractivity contribution in [2.75, 3.05) is 13.2 Å². The maximum atomic E-state index is 12.1. The normalized spacial score (nSPS) is 20.4. The van der Waals surface area contributed by atoms with Crippen molar-refractivity contribution in [3.63, 3.8) is 0 Å². The van der Waals surface area contributed by atoms with E-state index in [0.717, 1.165) is 11.3 Å². The maximum Gasteiger partial charge on any atom is 0.224 e. The summed E-state index contributed by atoms with van der Waals surface area (Å²) in [4.78, 5) is 23.1. The number of carbonyl (C=O) groups is 2. The Balaban J connectivity index is 1.76. The summed E-state index contributed by atoms with van der Waals surface area (Å²) in [6.07, 6.45) is 4.40. The Hall–Kier alpha value is -2.30. The molecule has 22 heavy (non-hydrogen) atoms. The number of aliphatic carboxylic acids is 1. The number of carboxylic acids is 1. The molecule has 0 aromatic heterocycles. The lowest BCUT2D eigenvalue weighted by atomic mass is 9.82. The van der Waals surface area contributed by atoms with Gasteiger partial charge in [0.25, 0.3) is 0 Å². The Morgan fingerprint density at radius 1 is 1.18 bits per heavy atom. The fourth-order valence-corrected chi connectivity index (χ4v) is 2.47. The fraction of sp³-hybridized carbons (Fsp3) is 0.412. The van der Waals surface area contributed by atoms with E-state index in [1.807, 2.05) is 37.3 Å². The quantitative estimate of drug-likeness (QED) is 0.623. The minimum absolute atomic E-state index is 0.258. The molecule has 0 unspecified atom stereocenters. The van der Waals surface area contributed by atoms with E-state index in [1.165, 1.54) is 0 Å². The predicted octanol–water partition coefficient (Wildman–Crippen LogP) is 0.822. The Morgan fingerprint density at radius 2 is 1.82 bits per heavy atom. The summed E-state index contributed by atoms with van der Waals surface area (Å²) < 4.78 is 5.52. The van der Waals surface area contributed by atoms with Crippen molar-refractivity contribution in [2.45, 2.75) is 19.8 Å². The molecule has 2 atom stereocenters. The number of amides is 1. The number of ether oxygens (including phenoxy) is 1. The van der Waals surface area contributed by atoms with Crippen LogP contribution in [0.1, 0.15) is 18.4 Å². The first-order chi connectivity index (χ1) is 10.6. The van der Waals surface area contributed by atoms with Crippen LogP contribution in [0.15, 0.2) is 36.4 Å². The number of rotatable bonds is 6. The van der Waals surface area contributed by atoms with Crippen LogP contribution in [0.4, 0.5) is 0 Å². The third-order valence-corrected chi connectivity index (χ3v) is 3.76. The van der Waals surface area contributed by atoms with E-state index in [2.05, 4.69) is 5.32 Å². The Morgan fingerprint density at radius 3 is 2.45 bits per heavy atom. The van der Waals surface area contributed by atoms with E-state index in [9.17, 15) is 14.7 Å². The van der Waals surface area contributed by atoms with Crippen LogP contribution >= 0.6 is 0 Å². The molecule has 0 saturated heterocycles. The van der Waals surface area contributed by atoms with Gasteiger partial charge >= 0.3 is 0 Å². The lowest BCUT2D eigenvalue weighted by Crippen LogP contribution is -2.44. The van der Waals surface area contributed by atoms with Gasteiger partial charge in [-0.2, -0.15) is 0 Å². The van der Waals surface area contributed by atoms with Gasteiger partial charge in [0.05, 0.1) is 6.54 Å². The van der Waals surface area contributed by atoms with Gasteiger partial charge < -0.3 is 20.0 Å². The van der Waals surface area contributed by atoms with Crippen molar-refractivity contribution in [2.24, 2.45) is 11.8 Å². The SMILES string of the molecule is Cc1ccc(OCCNC(=O)[C@@H]2CC=CC[C@@H]2C(=O)[O-])cc1. The van der Waals surface area contributed by atoms with Crippen LogP contribution in [0, 0.1) is 18.8 Å². The molecule has 0 heterocycles. The summed E-state index contributed by atoms with van der Waals surface area (Å²) in [5.41, 5.74) is 1.15. The van der Waals surface area contributed by atoms with Gasteiger partial charge in [-0.15, -0.1) is 0 Å². The molecule has 1 amide bonds. The molecule has 0 radical (unpaired) electrons. The zero-order valence-electron chi connectivity index (χ0n) is 12.6. The van der Waals surface area contributed by atoms with Crippen molar-refractivity contribution >= 4 is 11.9 Å². The highest BCUT2D eigenvalue weighted by Crippen LogP contribution is 2.25. The maximum absolute atomic E-state index is 12.1.